The number of fused-ring (bicyclic) bond motifs is 1. The number of hydrogen-bond donors (Lipinski definition) is 1. The number of imidazole rings is 1. The lowest BCUT2D eigenvalue weighted by molar-refractivity contribution is 0.292. The predicted molar refractivity (Wildman–Crippen MR) is 88.2 cm³/mol. The highest BCUT2D eigenvalue weighted by molar-refractivity contribution is 7.15. The molecule has 1 saturated heterocycles. The minimum absolute atomic E-state index is 0.399. The Morgan fingerprint density at radius 1 is 1.43 bits per heavy atom. The first-order chi connectivity index (χ1) is 10.1. The van der Waals surface area contributed by atoms with Crippen LogP contribution in [0.1, 0.15) is 45.2 Å². The number of piperidine rings is 1. The highest BCUT2D eigenvalue weighted by Gasteiger charge is 2.30. The fourth-order valence-electron chi connectivity index (χ4n) is 3.37. The minimum Gasteiger partial charge on any atom is -0.354 e. The molecule has 0 radical (unpaired) electrons. The summed E-state index contributed by atoms with van der Waals surface area (Å²) in [6.07, 6.45) is 7.42. The van der Waals surface area contributed by atoms with Gasteiger partial charge in [0, 0.05) is 37.3 Å². The summed E-state index contributed by atoms with van der Waals surface area (Å²) in [7, 11) is 0. The van der Waals surface area contributed by atoms with E-state index in [1.165, 1.54) is 37.2 Å². The normalized spacial score (nSPS) is 22.1. The van der Waals surface area contributed by atoms with Crippen LogP contribution in [0.5, 0.6) is 0 Å². The lowest BCUT2D eigenvalue weighted by atomic mass is 9.84. The molecule has 0 aromatic carbocycles. The van der Waals surface area contributed by atoms with Crippen molar-refractivity contribution < 1.29 is 0 Å². The van der Waals surface area contributed by atoms with Crippen LogP contribution in [0.25, 0.3) is 4.96 Å². The summed E-state index contributed by atoms with van der Waals surface area (Å²) in [6.45, 7) is 7.95. The maximum absolute atomic E-state index is 4.93. The second-order valence-electron chi connectivity index (χ2n) is 7.28. The summed E-state index contributed by atoms with van der Waals surface area (Å²) in [5.41, 5.74) is 1.74. The van der Waals surface area contributed by atoms with Crippen LogP contribution in [0.3, 0.4) is 0 Å². The Labute approximate surface area is 130 Å². The molecule has 0 amide bonds. The number of rotatable bonds is 4. The van der Waals surface area contributed by atoms with Gasteiger partial charge in [0.1, 0.15) is 0 Å². The van der Waals surface area contributed by atoms with Crippen molar-refractivity contribution in [3.63, 3.8) is 0 Å². The molecule has 4 rings (SSSR count). The van der Waals surface area contributed by atoms with Crippen LogP contribution >= 0.6 is 11.3 Å². The van der Waals surface area contributed by atoms with Crippen LogP contribution < -0.4 is 10.2 Å². The van der Waals surface area contributed by atoms with Gasteiger partial charge in [-0.25, -0.2) is 4.98 Å². The predicted octanol–water partition coefficient (Wildman–Crippen LogP) is 3.27. The molecule has 2 aliphatic rings. The van der Waals surface area contributed by atoms with Crippen molar-refractivity contribution in [1.29, 1.82) is 0 Å². The highest BCUT2D eigenvalue weighted by atomic mass is 32.1. The van der Waals surface area contributed by atoms with E-state index in [-0.39, 0.29) is 0 Å². The van der Waals surface area contributed by atoms with Gasteiger partial charge in [0.05, 0.1) is 5.69 Å². The molecule has 21 heavy (non-hydrogen) atoms. The van der Waals surface area contributed by atoms with Gasteiger partial charge in [-0.1, -0.05) is 13.8 Å². The molecule has 4 nitrogen and oxygen atoms in total. The monoisotopic (exact) mass is 304 g/mol. The molecule has 2 aromatic rings. The summed E-state index contributed by atoms with van der Waals surface area (Å²) < 4.78 is 2.27. The number of nitrogens with one attached hydrogen (secondary N) is 1. The standard InChI is InChI=1S/C16H24N4S/c1-16(2)6-3-7-19(11-16)14-13(10-17-12-4-5-12)20-8-9-21-15(20)18-14/h8-9,12,17H,3-7,10-11H2,1-2H3. The zero-order chi connectivity index (χ0) is 14.4. The van der Waals surface area contributed by atoms with Crippen molar-refractivity contribution in [3.8, 4) is 0 Å². The number of nitrogens with zero attached hydrogens (tertiary/aromatic N) is 3. The third kappa shape index (κ3) is 2.69. The van der Waals surface area contributed by atoms with Crippen LogP contribution in [0, 0.1) is 5.41 Å². The van der Waals surface area contributed by atoms with Crippen molar-refractivity contribution in [2.75, 3.05) is 18.0 Å². The molecule has 5 heteroatoms. The van der Waals surface area contributed by atoms with Crippen LogP contribution in [0.4, 0.5) is 5.82 Å². The third-order valence-corrected chi connectivity index (χ3v) is 5.43. The Bertz CT molecular complexity index is 638. The highest BCUT2D eigenvalue weighted by Crippen LogP contribution is 2.34. The van der Waals surface area contributed by atoms with Gasteiger partial charge < -0.3 is 10.2 Å². The summed E-state index contributed by atoms with van der Waals surface area (Å²) in [6, 6.07) is 0.736. The number of thiazole rings is 1. The molecule has 1 N–H and O–H groups in total. The molecule has 1 saturated carbocycles. The molecule has 0 spiro atoms. The maximum atomic E-state index is 4.93. The molecular weight excluding hydrogens is 280 g/mol. The number of anilines is 1. The molecule has 2 fully saturated rings. The second kappa shape index (κ2) is 4.99. The van der Waals surface area contributed by atoms with Gasteiger partial charge in [0.15, 0.2) is 10.8 Å². The molecule has 3 heterocycles. The Kier molecular flexibility index (Phi) is 3.23. The van der Waals surface area contributed by atoms with Crippen LogP contribution in [-0.4, -0.2) is 28.5 Å². The van der Waals surface area contributed by atoms with Gasteiger partial charge >= 0.3 is 0 Å². The Morgan fingerprint density at radius 2 is 2.29 bits per heavy atom. The zero-order valence-electron chi connectivity index (χ0n) is 12.9. The van der Waals surface area contributed by atoms with Gasteiger partial charge in [-0.15, -0.1) is 11.3 Å². The minimum atomic E-state index is 0.399. The first-order valence-electron chi connectivity index (χ1n) is 8.05. The smallest absolute Gasteiger partial charge is 0.195 e. The first-order valence-corrected chi connectivity index (χ1v) is 8.93. The molecular formula is C16H24N4S. The van der Waals surface area contributed by atoms with E-state index in [4.69, 9.17) is 4.98 Å². The van der Waals surface area contributed by atoms with E-state index >= 15 is 0 Å². The van der Waals surface area contributed by atoms with Gasteiger partial charge in [-0.05, 0) is 31.1 Å². The quantitative estimate of drug-likeness (QED) is 0.941. The molecule has 0 unspecified atom stereocenters. The zero-order valence-corrected chi connectivity index (χ0v) is 13.7. The van der Waals surface area contributed by atoms with E-state index in [9.17, 15) is 0 Å². The first kappa shape index (κ1) is 13.6. The number of hydrogen-bond acceptors (Lipinski definition) is 4. The maximum Gasteiger partial charge on any atom is 0.195 e. The van der Waals surface area contributed by atoms with Crippen LogP contribution in [0.15, 0.2) is 11.6 Å². The van der Waals surface area contributed by atoms with Crippen molar-refractivity contribution in [2.24, 2.45) is 5.41 Å². The molecule has 1 aliphatic heterocycles. The summed E-state index contributed by atoms with van der Waals surface area (Å²) in [5, 5.41) is 5.79. The van der Waals surface area contributed by atoms with Gasteiger partial charge in [0.25, 0.3) is 0 Å². The fraction of sp³-hybridized carbons (Fsp3) is 0.688. The van der Waals surface area contributed by atoms with E-state index in [2.05, 4.69) is 40.0 Å². The lowest BCUT2D eigenvalue weighted by Crippen LogP contribution is -2.41. The van der Waals surface area contributed by atoms with Gasteiger partial charge in [-0.3, -0.25) is 4.40 Å². The Hall–Kier alpha value is -1.07. The van der Waals surface area contributed by atoms with E-state index in [1.807, 2.05) is 0 Å². The largest absolute Gasteiger partial charge is 0.354 e. The van der Waals surface area contributed by atoms with Crippen molar-refractivity contribution >= 4 is 22.1 Å². The van der Waals surface area contributed by atoms with Crippen molar-refractivity contribution in [1.82, 2.24) is 14.7 Å². The lowest BCUT2D eigenvalue weighted by Gasteiger charge is -2.38. The van der Waals surface area contributed by atoms with Crippen LogP contribution in [0.2, 0.25) is 0 Å². The van der Waals surface area contributed by atoms with E-state index in [0.29, 0.717) is 5.41 Å². The van der Waals surface area contributed by atoms with Crippen molar-refractivity contribution in [3.05, 3.63) is 17.3 Å². The molecule has 0 bridgehead atoms. The molecule has 0 atom stereocenters. The molecule has 1 aliphatic carbocycles. The Balaban J connectivity index is 1.65. The van der Waals surface area contributed by atoms with Crippen molar-refractivity contribution in [2.45, 2.75) is 52.1 Å². The molecule has 114 valence electrons. The van der Waals surface area contributed by atoms with E-state index in [0.717, 1.165) is 30.6 Å². The number of aromatic nitrogens is 2. The summed E-state index contributed by atoms with van der Waals surface area (Å²) in [5.74, 6) is 1.21. The van der Waals surface area contributed by atoms with Crippen LogP contribution in [-0.2, 0) is 6.54 Å². The summed E-state index contributed by atoms with van der Waals surface area (Å²) >= 11 is 1.73. The van der Waals surface area contributed by atoms with Gasteiger partial charge in [0.2, 0.25) is 0 Å². The average Bonchev–Trinajstić information content (AvgIpc) is 3.03. The SMILES string of the molecule is CC1(C)CCCN(c2nc3sccn3c2CNC2CC2)C1. The Morgan fingerprint density at radius 3 is 3.05 bits per heavy atom. The second-order valence-corrected chi connectivity index (χ2v) is 8.16. The topological polar surface area (TPSA) is 32.6 Å². The van der Waals surface area contributed by atoms with E-state index in [1.54, 1.807) is 11.3 Å². The third-order valence-electron chi connectivity index (χ3n) is 4.68. The van der Waals surface area contributed by atoms with E-state index < -0.39 is 0 Å². The average molecular weight is 304 g/mol. The fourth-order valence-corrected chi connectivity index (χ4v) is 4.10. The van der Waals surface area contributed by atoms with Gasteiger partial charge in [-0.2, -0.15) is 0 Å². The summed E-state index contributed by atoms with van der Waals surface area (Å²) in [4.78, 5) is 8.56. The molecule has 2 aromatic heterocycles.